The van der Waals surface area contributed by atoms with Gasteiger partial charge in [-0.25, -0.2) is 4.98 Å². The van der Waals surface area contributed by atoms with E-state index in [0.29, 0.717) is 11.8 Å². The molecule has 1 heterocycles. The number of aromatic nitrogens is 2. The minimum Gasteiger partial charge on any atom is -0.384 e. The molecular weight excluding hydrogens is 186 g/mol. The van der Waals surface area contributed by atoms with Gasteiger partial charge in [-0.2, -0.15) is 0 Å². The Bertz CT molecular complexity index is 348. The van der Waals surface area contributed by atoms with E-state index >= 15 is 0 Å². The molecule has 0 spiro atoms. The van der Waals surface area contributed by atoms with E-state index in [2.05, 4.69) is 25.3 Å². The molecule has 84 valence electrons. The zero-order valence-electron chi connectivity index (χ0n) is 9.95. The fourth-order valence-electron chi connectivity index (χ4n) is 2.04. The maximum Gasteiger partial charge on any atom is 0.127 e. The van der Waals surface area contributed by atoms with Gasteiger partial charge in [0.2, 0.25) is 0 Å². The van der Waals surface area contributed by atoms with Gasteiger partial charge in [0.25, 0.3) is 0 Å². The van der Waals surface area contributed by atoms with E-state index in [1.807, 2.05) is 0 Å². The van der Waals surface area contributed by atoms with Gasteiger partial charge < -0.3 is 10.3 Å². The first-order valence-electron chi connectivity index (χ1n) is 6.00. The second-order valence-corrected chi connectivity index (χ2v) is 4.82. The number of hydrogen-bond donors (Lipinski definition) is 1. The predicted molar refractivity (Wildman–Crippen MR) is 63.0 cm³/mol. The number of imidazole rings is 1. The van der Waals surface area contributed by atoms with Gasteiger partial charge >= 0.3 is 0 Å². The van der Waals surface area contributed by atoms with E-state index in [9.17, 15) is 0 Å². The monoisotopic (exact) mass is 207 g/mol. The fraction of sp³-hybridized carbons (Fsp3) is 0.750. The summed E-state index contributed by atoms with van der Waals surface area (Å²) >= 11 is 0. The summed E-state index contributed by atoms with van der Waals surface area (Å²) in [7, 11) is 0. The van der Waals surface area contributed by atoms with E-state index in [-0.39, 0.29) is 0 Å². The molecule has 1 aromatic heterocycles. The normalized spacial score (nSPS) is 16.3. The average Bonchev–Trinajstić information content (AvgIpc) is 2.95. The Kier molecular flexibility index (Phi) is 2.72. The smallest absolute Gasteiger partial charge is 0.127 e. The van der Waals surface area contributed by atoms with Crippen LogP contribution < -0.4 is 5.73 Å². The average molecular weight is 207 g/mol. The first-order chi connectivity index (χ1) is 7.15. The zero-order valence-corrected chi connectivity index (χ0v) is 9.95. The summed E-state index contributed by atoms with van der Waals surface area (Å²) in [6.45, 7) is 7.51. The van der Waals surface area contributed by atoms with Gasteiger partial charge in [-0.3, -0.25) is 0 Å². The maximum absolute atomic E-state index is 6.16. The number of anilines is 1. The topological polar surface area (TPSA) is 43.8 Å². The van der Waals surface area contributed by atoms with Crippen molar-refractivity contribution < 1.29 is 0 Å². The predicted octanol–water partition coefficient (Wildman–Crippen LogP) is 2.88. The molecular formula is C12H21N3. The molecule has 1 aliphatic carbocycles. The van der Waals surface area contributed by atoms with Crippen LogP contribution in [0.3, 0.4) is 0 Å². The van der Waals surface area contributed by atoms with E-state index < -0.39 is 0 Å². The maximum atomic E-state index is 6.16. The van der Waals surface area contributed by atoms with Crippen LogP contribution in [0.2, 0.25) is 0 Å². The third-order valence-corrected chi connectivity index (χ3v) is 3.00. The van der Waals surface area contributed by atoms with Crippen LogP contribution in [-0.4, -0.2) is 9.55 Å². The van der Waals surface area contributed by atoms with E-state index in [1.54, 1.807) is 0 Å². The highest BCUT2D eigenvalue weighted by Gasteiger charge is 2.30. The molecule has 0 saturated heterocycles. The largest absolute Gasteiger partial charge is 0.384 e. The van der Waals surface area contributed by atoms with Crippen molar-refractivity contribution in [2.24, 2.45) is 0 Å². The Labute approximate surface area is 91.7 Å². The van der Waals surface area contributed by atoms with Gasteiger partial charge in [-0.15, -0.1) is 0 Å². The second-order valence-electron chi connectivity index (χ2n) is 4.82. The number of nitrogens with zero attached hydrogens (tertiary/aromatic N) is 2. The third-order valence-electron chi connectivity index (χ3n) is 3.00. The molecule has 1 aliphatic rings. The number of hydrogen-bond acceptors (Lipinski definition) is 2. The van der Waals surface area contributed by atoms with E-state index in [4.69, 9.17) is 10.7 Å². The van der Waals surface area contributed by atoms with E-state index in [0.717, 1.165) is 24.5 Å². The summed E-state index contributed by atoms with van der Waals surface area (Å²) < 4.78 is 2.23. The Hall–Kier alpha value is -0.990. The molecule has 3 heteroatoms. The Morgan fingerprint density at radius 1 is 1.47 bits per heavy atom. The van der Waals surface area contributed by atoms with Crippen molar-refractivity contribution >= 4 is 5.82 Å². The second kappa shape index (κ2) is 3.87. The van der Waals surface area contributed by atoms with Crippen LogP contribution in [0, 0.1) is 0 Å². The SMILES string of the molecule is CCCn1c(C2CC2)nc(C(C)C)c1N. The van der Waals surface area contributed by atoms with Gasteiger partial charge in [0, 0.05) is 12.5 Å². The van der Waals surface area contributed by atoms with Crippen molar-refractivity contribution in [3.05, 3.63) is 11.5 Å². The summed E-state index contributed by atoms with van der Waals surface area (Å²) in [4.78, 5) is 4.73. The standard InChI is InChI=1S/C12H21N3/c1-4-7-15-11(13)10(8(2)3)14-12(15)9-5-6-9/h8-9H,4-7,13H2,1-3H3. The minimum atomic E-state index is 0.431. The third kappa shape index (κ3) is 1.87. The molecule has 1 aromatic rings. The minimum absolute atomic E-state index is 0.431. The Morgan fingerprint density at radius 2 is 2.13 bits per heavy atom. The van der Waals surface area contributed by atoms with Crippen molar-refractivity contribution in [3.8, 4) is 0 Å². The zero-order chi connectivity index (χ0) is 11.0. The van der Waals surface area contributed by atoms with Crippen LogP contribution in [0.25, 0.3) is 0 Å². The Morgan fingerprint density at radius 3 is 2.60 bits per heavy atom. The van der Waals surface area contributed by atoms with Crippen LogP contribution in [0.5, 0.6) is 0 Å². The summed E-state index contributed by atoms with van der Waals surface area (Å²) in [6.07, 6.45) is 3.70. The quantitative estimate of drug-likeness (QED) is 0.825. The molecule has 1 saturated carbocycles. The molecule has 15 heavy (non-hydrogen) atoms. The fourth-order valence-corrected chi connectivity index (χ4v) is 2.04. The van der Waals surface area contributed by atoms with Crippen LogP contribution >= 0.6 is 0 Å². The molecule has 0 aliphatic heterocycles. The van der Waals surface area contributed by atoms with Crippen LogP contribution in [0.1, 0.15) is 63.4 Å². The highest BCUT2D eigenvalue weighted by molar-refractivity contribution is 5.41. The number of nitrogens with two attached hydrogens (primary N) is 1. The van der Waals surface area contributed by atoms with E-state index in [1.165, 1.54) is 18.7 Å². The van der Waals surface area contributed by atoms with Crippen LogP contribution in [0.4, 0.5) is 5.82 Å². The van der Waals surface area contributed by atoms with Crippen molar-refractivity contribution in [2.75, 3.05) is 5.73 Å². The first kappa shape index (κ1) is 10.5. The molecule has 0 aromatic carbocycles. The highest BCUT2D eigenvalue weighted by Crippen LogP contribution is 2.41. The lowest BCUT2D eigenvalue weighted by Crippen LogP contribution is -2.06. The summed E-state index contributed by atoms with van der Waals surface area (Å²) in [5.41, 5.74) is 7.25. The van der Waals surface area contributed by atoms with Gasteiger partial charge in [0.15, 0.2) is 0 Å². The van der Waals surface area contributed by atoms with Gasteiger partial charge in [0.05, 0.1) is 5.69 Å². The number of rotatable bonds is 4. The van der Waals surface area contributed by atoms with Gasteiger partial charge in [-0.1, -0.05) is 20.8 Å². The molecule has 2 rings (SSSR count). The van der Waals surface area contributed by atoms with Gasteiger partial charge in [0.1, 0.15) is 11.6 Å². The lowest BCUT2D eigenvalue weighted by molar-refractivity contribution is 0.646. The van der Waals surface area contributed by atoms with Crippen LogP contribution in [-0.2, 0) is 6.54 Å². The molecule has 0 unspecified atom stereocenters. The lowest BCUT2D eigenvalue weighted by atomic mass is 10.1. The number of nitrogen functional groups attached to an aromatic ring is 1. The molecule has 0 radical (unpaired) electrons. The molecule has 3 nitrogen and oxygen atoms in total. The summed E-state index contributed by atoms with van der Waals surface area (Å²) in [6, 6.07) is 0. The van der Waals surface area contributed by atoms with Gasteiger partial charge in [-0.05, 0) is 25.2 Å². The summed E-state index contributed by atoms with van der Waals surface area (Å²) in [5.74, 6) is 3.25. The lowest BCUT2D eigenvalue weighted by Gasteiger charge is -2.07. The first-order valence-corrected chi connectivity index (χ1v) is 6.00. The molecule has 2 N–H and O–H groups in total. The Balaban J connectivity index is 2.38. The molecule has 0 bridgehead atoms. The van der Waals surface area contributed by atoms with Crippen LogP contribution in [0.15, 0.2) is 0 Å². The highest BCUT2D eigenvalue weighted by atomic mass is 15.1. The molecule has 1 fully saturated rings. The van der Waals surface area contributed by atoms with Crippen molar-refractivity contribution in [2.45, 2.75) is 58.4 Å². The summed E-state index contributed by atoms with van der Waals surface area (Å²) in [5, 5.41) is 0. The molecule has 0 atom stereocenters. The van der Waals surface area contributed by atoms with Crippen molar-refractivity contribution in [3.63, 3.8) is 0 Å². The molecule has 0 amide bonds. The van der Waals surface area contributed by atoms with Crippen molar-refractivity contribution in [1.29, 1.82) is 0 Å². The van der Waals surface area contributed by atoms with Crippen molar-refractivity contribution in [1.82, 2.24) is 9.55 Å².